The predicted octanol–water partition coefficient (Wildman–Crippen LogP) is 5.22. The van der Waals surface area contributed by atoms with E-state index < -0.39 is 0 Å². The standard InChI is InChI=1S/C17H19BrClN/c1-11-4-7-15(12(2)8-11)17(20-3)9-13-5-6-14(18)10-16(13)19/h4-8,10,17,20H,9H2,1-3H3. The molecule has 3 heteroatoms. The topological polar surface area (TPSA) is 12.0 Å². The van der Waals surface area contributed by atoms with Gasteiger partial charge in [-0.15, -0.1) is 0 Å². The lowest BCUT2D eigenvalue weighted by molar-refractivity contribution is 0.589. The van der Waals surface area contributed by atoms with Crippen molar-refractivity contribution in [3.8, 4) is 0 Å². The molecule has 0 aliphatic carbocycles. The quantitative estimate of drug-likeness (QED) is 0.795. The molecule has 0 bridgehead atoms. The van der Waals surface area contributed by atoms with Crippen molar-refractivity contribution in [1.29, 1.82) is 0 Å². The van der Waals surface area contributed by atoms with Gasteiger partial charge < -0.3 is 5.32 Å². The first-order chi connectivity index (χ1) is 9.51. The molecule has 0 heterocycles. The van der Waals surface area contributed by atoms with Crippen molar-refractivity contribution < 1.29 is 0 Å². The van der Waals surface area contributed by atoms with Gasteiger partial charge in [-0.1, -0.05) is 57.4 Å². The summed E-state index contributed by atoms with van der Waals surface area (Å²) in [6.07, 6.45) is 0.881. The summed E-state index contributed by atoms with van der Waals surface area (Å²) in [5.74, 6) is 0. The number of halogens is 2. The SMILES string of the molecule is CNC(Cc1ccc(Br)cc1Cl)c1ccc(C)cc1C. The van der Waals surface area contributed by atoms with Crippen molar-refractivity contribution in [3.05, 3.63) is 68.1 Å². The second kappa shape index (κ2) is 6.75. The van der Waals surface area contributed by atoms with Gasteiger partial charge >= 0.3 is 0 Å². The summed E-state index contributed by atoms with van der Waals surface area (Å²) in [6, 6.07) is 12.9. The van der Waals surface area contributed by atoms with E-state index in [-0.39, 0.29) is 6.04 Å². The van der Waals surface area contributed by atoms with Crippen molar-refractivity contribution in [3.63, 3.8) is 0 Å². The van der Waals surface area contributed by atoms with Crippen LogP contribution in [-0.2, 0) is 6.42 Å². The Balaban J connectivity index is 2.28. The number of likely N-dealkylation sites (N-methyl/N-ethyl adjacent to an activating group) is 1. The van der Waals surface area contributed by atoms with Crippen molar-refractivity contribution in [2.75, 3.05) is 7.05 Å². The van der Waals surface area contributed by atoms with Crippen molar-refractivity contribution in [2.24, 2.45) is 0 Å². The Labute approximate surface area is 134 Å². The van der Waals surface area contributed by atoms with Crippen LogP contribution in [0.5, 0.6) is 0 Å². The largest absolute Gasteiger partial charge is 0.313 e. The Morgan fingerprint density at radius 2 is 1.90 bits per heavy atom. The molecule has 2 aromatic rings. The Hall–Kier alpha value is -0.830. The highest BCUT2D eigenvalue weighted by molar-refractivity contribution is 9.10. The summed E-state index contributed by atoms with van der Waals surface area (Å²) in [4.78, 5) is 0. The minimum Gasteiger partial charge on any atom is -0.313 e. The number of hydrogen-bond donors (Lipinski definition) is 1. The first kappa shape index (κ1) is 15.6. The maximum atomic E-state index is 6.33. The minimum atomic E-state index is 0.272. The lowest BCUT2D eigenvalue weighted by atomic mass is 9.94. The van der Waals surface area contributed by atoms with Gasteiger partial charge in [0.15, 0.2) is 0 Å². The molecular formula is C17H19BrClN. The molecule has 1 unspecified atom stereocenters. The second-order valence-corrected chi connectivity index (χ2v) is 6.46. The van der Waals surface area contributed by atoms with E-state index in [2.05, 4.69) is 59.4 Å². The fraction of sp³-hybridized carbons (Fsp3) is 0.294. The van der Waals surface area contributed by atoms with Gasteiger partial charge in [0.1, 0.15) is 0 Å². The lowest BCUT2D eigenvalue weighted by Crippen LogP contribution is -2.20. The maximum Gasteiger partial charge on any atom is 0.0449 e. The van der Waals surface area contributed by atoms with E-state index >= 15 is 0 Å². The summed E-state index contributed by atoms with van der Waals surface area (Å²) < 4.78 is 1.01. The molecular weight excluding hydrogens is 334 g/mol. The van der Waals surface area contributed by atoms with Crippen LogP contribution >= 0.6 is 27.5 Å². The van der Waals surface area contributed by atoms with Gasteiger partial charge in [0.05, 0.1) is 0 Å². The van der Waals surface area contributed by atoms with E-state index in [4.69, 9.17) is 11.6 Å². The number of benzene rings is 2. The summed E-state index contributed by atoms with van der Waals surface area (Å²) in [6.45, 7) is 4.28. The van der Waals surface area contributed by atoms with Crippen molar-refractivity contribution >= 4 is 27.5 Å². The fourth-order valence-electron chi connectivity index (χ4n) is 2.49. The maximum absolute atomic E-state index is 6.33. The van der Waals surface area contributed by atoms with E-state index in [9.17, 15) is 0 Å². The Kier molecular flexibility index (Phi) is 5.25. The third-order valence-corrected chi connectivity index (χ3v) is 4.43. The van der Waals surface area contributed by atoms with Gasteiger partial charge in [-0.3, -0.25) is 0 Å². The van der Waals surface area contributed by atoms with Gasteiger partial charge in [0, 0.05) is 15.5 Å². The average molecular weight is 353 g/mol. The van der Waals surface area contributed by atoms with Crippen LogP contribution < -0.4 is 5.32 Å². The van der Waals surface area contributed by atoms with Crippen LogP contribution in [-0.4, -0.2) is 7.05 Å². The van der Waals surface area contributed by atoms with Crippen molar-refractivity contribution in [1.82, 2.24) is 5.32 Å². The normalized spacial score (nSPS) is 12.4. The van der Waals surface area contributed by atoms with Gasteiger partial charge in [-0.2, -0.15) is 0 Å². The molecule has 0 aromatic heterocycles. The van der Waals surface area contributed by atoms with E-state index in [1.807, 2.05) is 19.2 Å². The van der Waals surface area contributed by atoms with Gasteiger partial charge in [-0.05, 0) is 56.1 Å². The smallest absolute Gasteiger partial charge is 0.0449 e. The highest BCUT2D eigenvalue weighted by Gasteiger charge is 2.14. The van der Waals surface area contributed by atoms with Crippen molar-refractivity contribution in [2.45, 2.75) is 26.3 Å². The molecule has 0 radical (unpaired) electrons. The molecule has 1 N–H and O–H groups in total. The molecule has 20 heavy (non-hydrogen) atoms. The van der Waals surface area contributed by atoms with Crippen LogP contribution in [0.4, 0.5) is 0 Å². The van der Waals surface area contributed by atoms with Gasteiger partial charge in [0.25, 0.3) is 0 Å². The van der Waals surface area contributed by atoms with Crippen LogP contribution in [0.1, 0.15) is 28.3 Å². The number of nitrogens with one attached hydrogen (secondary N) is 1. The molecule has 0 spiro atoms. The predicted molar refractivity (Wildman–Crippen MR) is 90.6 cm³/mol. The van der Waals surface area contributed by atoms with Crippen LogP contribution in [0.15, 0.2) is 40.9 Å². The molecule has 2 aromatic carbocycles. The molecule has 0 aliphatic heterocycles. The molecule has 0 saturated heterocycles. The molecule has 1 nitrogen and oxygen atoms in total. The van der Waals surface area contributed by atoms with Crippen LogP contribution in [0, 0.1) is 13.8 Å². The Morgan fingerprint density at radius 1 is 1.15 bits per heavy atom. The Bertz CT molecular complexity index is 610. The fourth-order valence-corrected chi connectivity index (χ4v) is 3.24. The lowest BCUT2D eigenvalue weighted by Gasteiger charge is -2.20. The molecule has 1 atom stereocenters. The Morgan fingerprint density at radius 3 is 2.50 bits per heavy atom. The molecule has 106 valence electrons. The monoisotopic (exact) mass is 351 g/mol. The summed E-state index contributed by atoms with van der Waals surface area (Å²) in [5, 5.41) is 4.21. The number of aryl methyl sites for hydroxylation is 2. The van der Waals surface area contributed by atoms with Crippen LogP contribution in [0.3, 0.4) is 0 Å². The molecule has 0 fully saturated rings. The van der Waals surface area contributed by atoms with E-state index in [1.165, 1.54) is 16.7 Å². The highest BCUT2D eigenvalue weighted by atomic mass is 79.9. The third-order valence-electron chi connectivity index (χ3n) is 3.59. The first-order valence-electron chi connectivity index (χ1n) is 6.69. The second-order valence-electron chi connectivity index (χ2n) is 5.14. The molecule has 0 saturated carbocycles. The molecule has 2 rings (SSSR count). The van der Waals surface area contributed by atoms with E-state index in [1.54, 1.807) is 0 Å². The summed E-state index contributed by atoms with van der Waals surface area (Å²) in [5.41, 5.74) is 5.10. The van der Waals surface area contributed by atoms with E-state index in [0.717, 1.165) is 21.5 Å². The first-order valence-corrected chi connectivity index (χ1v) is 7.86. The highest BCUT2D eigenvalue weighted by Crippen LogP contribution is 2.27. The molecule has 0 aliphatic rings. The zero-order valence-corrected chi connectivity index (χ0v) is 14.3. The minimum absolute atomic E-state index is 0.272. The number of hydrogen-bond acceptors (Lipinski definition) is 1. The van der Waals surface area contributed by atoms with E-state index in [0.29, 0.717) is 0 Å². The average Bonchev–Trinajstić information content (AvgIpc) is 2.39. The number of rotatable bonds is 4. The van der Waals surface area contributed by atoms with Gasteiger partial charge in [-0.25, -0.2) is 0 Å². The van der Waals surface area contributed by atoms with Gasteiger partial charge in [0.2, 0.25) is 0 Å². The molecule has 0 amide bonds. The zero-order valence-electron chi connectivity index (χ0n) is 12.0. The zero-order chi connectivity index (χ0) is 14.7. The van der Waals surface area contributed by atoms with Crippen LogP contribution in [0.2, 0.25) is 5.02 Å². The third kappa shape index (κ3) is 3.63. The summed E-state index contributed by atoms with van der Waals surface area (Å²) in [7, 11) is 2.00. The summed E-state index contributed by atoms with van der Waals surface area (Å²) >= 11 is 9.77. The van der Waals surface area contributed by atoms with Crippen LogP contribution in [0.25, 0.3) is 0 Å².